The second-order valence-corrected chi connectivity index (χ2v) is 12.1. The molecule has 0 amide bonds. The molecule has 0 bridgehead atoms. The molecule has 6 N–H and O–H groups in total. The Balaban J connectivity index is 1.27. The summed E-state index contributed by atoms with van der Waals surface area (Å²) in [6, 6.07) is 19.5. The number of benzene rings is 5. The van der Waals surface area contributed by atoms with Crippen LogP contribution in [0.5, 0.6) is 0 Å². The van der Waals surface area contributed by atoms with E-state index < -0.39 is 42.8 Å². The average Bonchev–Trinajstić information content (AvgIpc) is 3.68. The van der Waals surface area contributed by atoms with Crippen molar-refractivity contribution in [2.75, 3.05) is 11.9 Å². The molecule has 45 heavy (non-hydrogen) atoms. The summed E-state index contributed by atoms with van der Waals surface area (Å²) in [5.74, 6) is 0.324. The summed E-state index contributed by atoms with van der Waals surface area (Å²) in [6.07, 6.45) is -3.12. The van der Waals surface area contributed by atoms with Gasteiger partial charge in [0.2, 0.25) is 0 Å². The second-order valence-electron chi connectivity index (χ2n) is 12.1. The van der Waals surface area contributed by atoms with E-state index in [0.717, 1.165) is 43.1 Å². The first-order valence-electron chi connectivity index (χ1n) is 15.0. The Morgan fingerprint density at radius 2 is 1.60 bits per heavy atom. The Hall–Kier alpha value is -4.49. The number of imidazole rings is 1. The Labute approximate surface area is 255 Å². The van der Waals surface area contributed by atoms with Crippen LogP contribution in [0.25, 0.3) is 54.3 Å². The predicted molar refractivity (Wildman–Crippen MR) is 168 cm³/mol. The quantitative estimate of drug-likeness (QED) is 0.130. The van der Waals surface area contributed by atoms with E-state index in [2.05, 4.69) is 56.7 Å². The van der Waals surface area contributed by atoms with Gasteiger partial charge < -0.3 is 35.6 Å². The molecule has 0 saturated carbocycles. The summed E-state index contributed by atoms with van der Waals surface area (Å²) < 4.78 is 7.53. The minimum absolute atomic E-state index is 0.258. The lowest BCUT2D eigenvalue weighted by Gasteiger charge is -2.39. The molecule has 1 fully saturated rings. The number of ether oxygens (including phenoxy) is 1. The Kier molecular flexibility index (Phi) is 5.82. The molecule has 7 atom stereocenters. The minimum Gasteiger partial charge on any atom is -0.394 e. The first-order chi connectivity index (χ1) is 21.9. The third-order valence-electron chi connectivity index (χ3n) is 9.70. The highest BCUT2D eigenvalue weighted by Gasteiger charge is 2.43. The third kappa shape index (κ3) is 3.70. The lowest BCUT2D eigenvalue weighted by Crippen LogP contribution is -2.44. The molecule has 0 radical (unpaired) electrons. The number of hydrogen-bond donors (Lipinski definition) is 6. The van der Waals surface area contributed by atoms with Gasteiger partial charge in [-0.25, -0.2) is 15.0 Å². The largest absolute Gasteiger partial charge is 0.394 e. The van der Waals surface area contributed by atoms with Gasteiger partial charge in [0.25, 0.3) is 0 Å². The molecule has 1 aliphatic carbocycles. The van der Waals surface area contributed by atoms with Crippen LogP contribution in [0.15, 0.2) is 73.3 Å². The molecular formula is C34H29N5O6. The van der Waals surface area contributed by atoms with Crippen LogP contribution in [0, 0.1) is 0 Å². The highest BCUT2D eigenvalue weighted by molar-refractivity contribution is 6.34. The van der Waals surface area contributed by atoms with Gasteiger partial charge in [-0.05, 0) is 60.3 Å². The van der Waals surface area contributed by atoms with Gasteiger partial charge in [-0.3, -0.25) is 4.57 Å². The zero-order valence-corrected chi connectivity index (χ0v) is 23.8. The fourth-order valence-corrected chi connectivity index (χ4v) is 7.59. The van der Waals surface area contributed by atoms with E-state index >= 15 is 0 Å². The molecule has 7 aromatic rings. The van der Waals surface area contributed by atoms with Gasteiger partial charge in [0, 0.05) is 6.42 Å². The number of fused-ring (bicyclic) bond motifs is 6. The third-order valence-corrected chi connectivity index (χ3v) is 9.70. The minimum atomic E-state index is -1.46. The zero-order valence-electron chi connectivity index (χ0n) is 23.8. The van der Waals surface area contributed by atoms with E-state index in [9.17, 15) is 25.5 Å². The fraction of sp³-hybridized carbons (Fsp3) is 0.265. The van der Waals surface area contributed by atoms with Crippen molar-refractivity contribution in [3.8, 4) is 0 Å². The monoisotopic (exact) mass is 603 g/mol. The zero-order chi connectivity index (χ0) is 30.6. The van der Waals surface area contributed by atoms with Crippen LogP contribution >= 0.6 is 0 Å². The predicted octanol–water partition coefficient (Wildman–Crippen LogP) is 3.44. The molecule has 2 aliphatic rings. The number of nitrogens with zero attached hydrogens (tertiary/aromatic N) is 4. The van der Waals surface area contributed by atoms with Crippen molar-refractivity contribution in [2.45, 2.75) is 49.2 Å². The van der Waals surface area contributed by atoms with Crippen LogP contribution in [0.2, 0.25) is 0 Å². The van der Waals surface area contributed by atoms with Crippen LogP contribution in [-0.4, -0.2) is 76.1 Å². The highest BCUT2D eigenvalue weighted by atomic mass is 16.5. The smallest absolute Gasteiger partial charge is 0.167 e. The van der Waals surface area contributed by atoms with Gasteiger partial charge in [-0.15, -0.1) is 0 Å². The van der Waals surface area contributed by atoms with Crippen molar-refractivity contribution in [1.82, 2.24) is 19.5 Å². The fourth-order valence-electron chi connectivity index (χ4n) is 7.59. The Morgan fingerprint density at radius 1 is 0.822 bits per heavy atom. The molecule has 11 nitrogen and oxygen atoms in total. The normalized spacial score (nSPS) is 26.9. The number of aliphatic hydroxyl groups is 5. The number of anilines is 1. The molecule has 0 spiro atoms. The lowest BCUT2D eigenvalue weighted by molar-refractivity contribution is -0.0766. The molecule has 1 aliphatic heterocycles. The standard InChI is InChI=1S/C34H29N5O6/c40-12-22-21(41)11-23(45-22)39-14-37-29-33(35-13-36-34(29)39)38-28-27-20(30(42)32(44)31(28)43)10-16-9-8-15-4-3-7-18-17-5-1-2-6-19(17)26(27)25(16)24(15)18/h1-10,13-14,21-23,28,30-32,40-44H,11-12H2,(H,35,36,38)/t21-,22+,23+,28+,30+,31-,32-/m0/s1. The molecule has 226 valence electrons. The van der Waals surface area contributed by atoms with Gasteiger partial charge in [0.05, 0.1) is 25.1 Å². The summed E-state index contributed by atoms with van der Waals surface area (Å²) in [5.41, 5.74) is 2.05. The number of rotatable bonds is 4. The summed E-state index contributed by atoms with van der Waals surface area (Å²) in [6.45, 7) is -0.309. The highest BCUT2D eigenvalue weighted by Crippen LogP contribution is 2.49. The van der Waals surface area contributed by atoms with Gasteiger partial charge in [-0.1, -0.05) is 54.6 Å². The van der Waals surface area contributed by atoms with Gasteiger partial charge in [0.15, 0.2) is 17.0 Å². The van der Waals surface area contributed by atoms with Crippen molar-refractivity contribution in [3.63, 3.8) is 0 Å². The first kappa shape index (κ1) is 26.9. The topological polar surface area (TPSA) is 166 Å². The van der Waals surface area contributed by atoms with E-state index in [1.165, 1.54) is 6.33 Å². The Bertz CT molecular complexity index is 2270. The van der Waals surface area contributed by atoms with Crippen LogP contribution in [0.4, 0.5) is 5.82 Å². The van der Waals surface area contributed by atoms with Crippen molar-refractivity contribution >= 4 is 60.1 Å². The summed E-state index contributed by atoms with van der Waals surface area (Å²) >= 11 is 0. The van der Waals surface area contributed by atoms with E-state index in [1.54, 1.807) is 10.9 Å². The van der Waals surface area contributed by atoms with Crippen molar-refractivity contribution in [3.05, 3.63) is 84.4 Å². The molecule has 9 rings (SSSR count). The Morgan fingerprint density at radius 3 is 2.42 bits per heavy atom. The molecule has 5 aromatic carbocycles. The SMILES string of the molecule is OC[C@H]1O[C@@H](n2cnc3c(N[C@@H]4c5c(cc6ccc7cccc8c9ccccc9c5c6c78)[C@@H](O)[C@H](O)[C@H]4O)ncnc32)C[C@@H]1O. The molecule has 11 heteroatoms. The summed E-state index contributed by atoms with van der Waals surface area (Å²) in [4.78, 5) is 13.5. The van der Waals surface area contributed by atoms with E-state index in [1.807, 2.05) is 24.3 Å². The van der Waals surface area contributed by atoms with Crippen LogP contribution in [0.3, 0.4) is 0 Å². The molecule has 3 heterocycles. The second kappa shape index (κ2) is 9.75. The lowest BCUT2D eigenvalue weighted by atomic mass is 9.76. The van der Waals surface area contributed by atoms with Gasteiger partial charge in [-0.2, -0.15) is 0 Å². The maximum atomic E-state index is 11.6. The summed E-state index contributed by atoms with van der Waals surface area (Å²) in [7, 11) is 0. The van der Waals surface area contributed by atoms with Crippen molar-refractivity contribution < 1.29 is 30.3 Å². The number of hydrogen-bond acceptors (Lipinski definition) is 10. The van der Waals surface area contributed by atoms with Crippen LogP contribution in [-0.2, 0) is 4.74 Å². The molecule has 0 unspecified atom stereocenters. The van der Waals surface area contributed by atoms with Gasteiger partial charge >= 0.3 is 0 Å². The van der Waals surface area contributed by atoms with E-state index in [-0.39, 0.29) is 13.0 Å². The molecule has 1 saturated heterocycles. The number of aromatic nitrogens is 4. The van der Waals surface area contributed by atoms with Crippen molar-refractivity contribution in [2.24, 2.45) is 0 Å². The van der Waals surface area contributed by atoms with Crippen LogP contribution in [0.1, 0.15) is 35.9 Å². The maximum Gasteiger partial charge on any atom is 0.167 e. The van der Waals surface area contributed by atoms with E-state index in [0.29, 0.717) is 28.1 Å². The number of aliphatic hydroxyl groups excluding tert-OH is 5. The first-order valence-corrected chi connectivity index (χ1v) is 15.0. The van der Waals surface area contributed by atoms with Crippen LogP contribution < -0.4 is 5.32 Å². The van der Waals surface area contributed by atoms with E-state index in [4.69, 9.17) is 4.74 Å². The molecular weight excluding hydrogens is 574 g/mol. The molecule has 2 aromatic heterocycles. The average molecular weight is 604 g/mol. The van der Waals surface area contributed by atoms with Crippen molar-refractivity contribution in [1.29, 1.82) is 0 Å². The summed E-state index contributed by atoms with van der Waals surface area (Å²) in [5, 5.41) is 65.5. The maximum absolute atomic E-state index is 11.6. The number of nitrogens with one attached hydrogen (secondary N) is 1. The van der Waals surface area contributed by atoms with Gasteiger partial charge in [0.1, 0.15) is 37.0 Å².